The van der Waals surface area contributed by atoms with Crippen molar-refractivity contribution in [1.82, 2.24) is 9.55 Å². The summed E-state index contributed by atoms with van der Waals surface area (Å²) in [6, 6.07) is 1.84. The van der Waals surface area contributed by atoms with Gasteiger partial charge < -0.3 is 5.73 Å². The Morgan fingerprint density at radius 1 is 1.57 bits per heavy atom. The van der Waals surface area contributed by atoms with Crippen LogP contribution in [0.4, 0.5) is 0 Å². The van der Waals surface area contributed by atoms with E-state index in [-0.39, 0.29) is 28.4 Å². The first-order chi connectivity index (χ1) is 13.4. The van der Waals surface area contributed by atoms with E-state index >= 15 is 0 Å². The smallest absolute Gasteiger partial charge is 0.263 e. The van der Waals surface area contributed by atoms with Crippen molar-refractivity contribution in [3.63, 3.8) is 0 Å². The molecular formula is C20H22N4O2S2. The number of allylic oxidation sites excluding steroid dienone is 3. The Labute approximate surface area is 171 Å². The number of thiophene rings is 1. The number of aryl methyl sites for hydroxylation is 1. The quantitative estimate of drug-likeness (QED) is 0.256. The molecule has 2 N–H and O–H groups in total. The first-order valence-corrected chi connectivity index (χ1v) is 10.9. The van der Waals surface area contributed by atoms with Crippen LogP contribution in [0.1, 0.15) is 30.7 Å². The summed E-state index contributed by atoms with van der Waals surface area (Å²) in [5, 5.41) is 10.3. The Bertz CT molecular complexity index is 1080. The van der Waals surface area contributed by atoms with Gasteiger partial charge in [0.05, 0.1) is 11.1 Å². The summed E-state index contributed by atoms with van der Waals surface area (Å²) in [7, 11) is 0. The lowest BCUT2D eigenvalue weighted by atomic mass is 9.89. The molecule has 8 heteroatoms. The van der Waals surface area contributed by atoms with Gasteiger partial charge in [0.15, 0.2) is 10.9 Å². The number of nitriles is 1. The first-order valence-electron chi connectivity index (χ1n) is 9.05. The standard InChI is InChI=1S/C20H22N4O2S2/c1-4-7-24-19(26)17-13-6-5-11(2)8-16(13)28-18(17)23-20(24)27-10-15(25)14(9-21)12(3)22/h4,11H,1,5-8,10,22H2,2-3H3/b14-12+. The van der Waals surface area contributed by atoms with Crippen molar-refractivity contribution in [2.45, 2.75) is 44.8 Å². The van der Waals surface area contributed by atoms with E-state index in [0.29, 0.717) is 23.0 Å². The van der Waals surface area contributed by atoms with E-state index in [1.165, 1.54) is 11.8 Å². The molecule has 28 heavy (non-hydrogen) atoms. The van der Waals surface area contributed by atoms with Gasteiger partial charge in [-0.3, -0.25) is 14.2 Å². The van der Waals surface area contributed by atoms with Crippen LogP contribution in [0.15, 0.2) is 33.9 Å². The second-order valence-corrected chi connectivity index (χ2v) is 9.04. The van der Waals surface area contributed by atoms with Crippen LogP contribution in [0.5, 0.6) is 0 Å². The summed E-state index contributed by atoms with van der Waals surface area (Å²) in [5.74, 6) is 0.235. The Balaban J connectivity index is 2.03. The number of nitrogens with zero attached hydrogens (tertiary/aromatic N) is 3. The van der Waals surface area contributed by atoms with Gasteiger partial charge in [0, 0.05) is 17.1 Å². The average Bonchev–Trinajstić information content (AvgIpc) is 3.00. The fourth-order valence-electron chi connectivity index (χ4n) is 3.38. The third-order valence-electron chi connectivity index (χ3n) is 4.81. The van der Waals surface area contributed by atoms with Gasteiger partial charge in [-0.15, -0.1) is 17.9 Å². The molecule has 0 aliphatic heterocycles. The number of Topliss-reactive ketones (excluding diaryl/α,β-unsaturated/α-hetero) is 1. The molecule has 146 valence electrons. The van der Waals surface area contributed by atoms with Crippen LogP contribution in [0.25, 0.3) is 10.2 Å². The minimum absolute atomic E-state index is 0.00531. The van der Waals surface area contributed by atoms with Crippen LogP contribution in [0.3, 0.4) is 0 Å². The van der Waals surface area contributed by atoms with E-state index in [1.54, 1.807) is 22.0 Å². The van der Waals surface area contributed by atoms with Crippen molar-refractivity contribution in [3.05, 3.63) is 44.7 Å². The minimum Gasteiger partial charge on any atom is -0.401 e. The van der Waals surface area contributed by atoms with Crippen molar-refractivity contribution in [2.75, 3.05) is 5.75 Å². The SMILES string of the molecule is C=CCn1c(SCC(=O)/C(C#N)=C(\C)N)nc2sc3c(c2c1=O)CCC(C)C3. The topological polar surface area (TPSA) is 102 Å². The van der Waals surface area contributed by atoms with Crippen molar-refractivity contribution in [1.29, 1.82) is 5.26 Å². The summed E-state index contributed by atoms with van der Waals surface area (Å²) in [6.07, 6.45) is 4.60. The number of hydrogen-bond donors (Lipinski definition) is 1. The largest absolute Gasteiger partial charge is 0.401 e. The Morgan fingerprint density at radius 3 is 2.96 bits per heavy atom. The van der Waals surface area contributed by atoms with Crippen LogP contribution < -0.4 is 11.3 Å². The molecule has 1 aliphatic carbocycles. The molecule has 0 saturated carbocycles. The molecule has 2 heterocycles. The number of fused-ring (bicyclic) bond motifs is 3. The number of nitrogens with two attached hydrogens (primary N) is 1. The van der Waals surface area contributed by atoms with E-state index < -0.39 is 0 Å². The monoisotopic (exact) mass is 414 g/mol. The molecule has 0 fully saturated rings. The molecule has 2 aromatic rings. The molecule has 6 nitrogen and oxygen atoms in total. The number of carbonyl (C=O) groups excluding carboxylic acids is 1. The average molecular weight is 415 g/mol. The molecule has 0 saturated heterocycles. The van der Waals surface area contributed by atoms with Gasteiger partial charge in [-0.2, -0.15) is 5.26 Å². The minimum atomic E-state index is -0.369. The maximum absolute atomic E-state index is 13.2. The van der Waals surface area contributed by atoms with Crippen molar-refractivity contribution >= 4 is 39.1 Å². The van der Waals surface area contributed by atoms with Gasteiger partial charge in [0.25, 0.3) is 5.56 Å². The zero-order valence-electron chi connectivity index (χ0n) is 15.9. The van der Waals surface area contributed by atoms with Gasteiger partial charge in [-0.25, -0.2) is 4.98 Å². The van der Waals surface area contributed by atoms with Crippen molar-refractivity contribution in [2.24, 2.45) is 11.7 Å². The number of carbonyl (C=O) groups is 1. The lowest BCUT2D eigenvalue weighted by Gasteiger charge is -2.17. The molecule has 3 rings (SSSR count). The predicted molar refractivity (Wildman–Crippen MR) is 113 cm³/mol. The van der Waals surface area contributed by atoms with Crippen molar-refractivity contribution < 1.29 is 4.79 Å². The van der Waals surface area contributed by atoms with Gasteiger partial charge in [-0.1, -0.05) is 24.8 Å². The molecular weight excluding hydrogens is 392 g/mol. The van der Waals surface area contributed by atoms with Gasteiger partial charge >= 0.3 is 0 Å². The summed E-state index contributed by atoms with van der Waals surface area (Å²) >= 11 is 2.73. The fourth-order valence-corrected chi connectivity index (χ4v) is 5.68. The lowest BCUT2D eigenvalue weighted by molar-refractivity contribution is -0.112. The number of ketones is 1. The molecule has 0 bridgehead atoms. The maximum Gasteiger partial charge on any atom is 0.263 e. The number of aromatic nitrogens is 2. The second-order valence-electron chi connectivity index (χ2n) is 7.01. The highest BCUT2D eigenvalue weighted by Crippen LogP contribution is 2.36. The van der Waals surface area contributed by atoms with Crippen molar-refractivity contribution in [3.8, 4) is 6.07 Å². The highest BCUT2D eigenvalue weighted by molar-refractivity contribution is 7.99. The number of hydrogen-bond acceptors (Lipinski definition) is 7. The first kappa shape index (κ1) is 20.4. The molecule has 1 aliphatic rings. The second kappa shape index (κ2) is 8.33. The molecule has 1 unspecified atom stereocenters. The maximum atomic E-state index is 13.2. The summed E-state index contributed by atoms with van der Waals surface area (Å²) in [6.45, 7) is 7.80. The number of thioether (sulfide) groups is 1. The summed E-state index contributed by atoms with van der Waals surface area (Å²) in [4.78, 5) is 32.2. The molecule has 0 spiro atoms. The van der Waals surface area contributed by atoms with E-state index in [4.69, 9.17) is 16.0 Å². The Kier molecular flexibility index (Phi) is 6.06. The third-order valence-corrected chi connectivity index (χ3v) is 6.93. The Hall–Kier alpha value is -2.37. The zero-order valence-corrected chi connectivity index (χ0v) is 17.6. The predicted octanol–water partition coefficient (Wildman–Crippen LogP) is 3.19. The molecule has 1 atom stereocenters. The zero-order chi connectivity index (χ0) is 20.4. The molecule has 0 radical (unpaired) electrons. The van der Waals surface area contributed by atoms with Crippen LogP contribution in [-0.2, 0) is 24.2 Å². The summed E-state index contributed by atoms with van der Waals surface area (Å²) in [5.41, 5.74) is 6.80. The van der Waals surface area contributed by atoms with E-state index in [9.17, 15) is 9.59 Å². The van der Waals surface area contributed by atoms with Crippen LogP contribution in [0, 0.1) is 17.2 Å². The Morgan fingerprint density at radius 2 is 2.32 bits per heavy atom. The van der Waals surface area contributed by atoms with E-state index in [1.807, 2.05) is 6.07 Å². The van der Waals surface area contributed by atoms with Crippen LogP contribution >= 0.6 is 23.1 Å². The van der Waals surface area contributed by atoms with Crippen LogP contribution in [-0.4, -0.2) is 21.1 Å². The third kappa shape index (κ3) is 3.77. The van der Waals surface area contributed by atoms with E-state index in [0.717, 1.165) is 41.4 Å². The van der Waals surface area contributed by atoms with E-state index in [2.05, 4.69) is 13.5 Å². The highest BCUT2D eigenvalue weighted by Gasteiger charge is 2.25. The van der Waals surface area contributed by atoms with Gasteiger partial charge in [-0.05, 0) is 37.7 Å². The highest BCUT2D eigenvalue weighted by atomic mass is 32.2. The van der Waals surface area contributed by atoms with Gasteiger partial charge in [0.1, 0.15) is 16.5 Å². The molecule has 0 aromatic carbocycles. The van der Waals surface area contributed by atoms with Gasteiger partial charge in [0.2, 0.25) is 0 Å². The number of rotatable bonds is 6. The normalized spacial score (nSPS) is 17.0. The lowest BCUT2D eigenvalue weighted by Crippen LogP contribution is -2.24. The summed E-state index contributed by atoms with van der Waals surface area (Å²) < 4.78 is 1.56. The fraction of sp³-hybridized carbons (Fsp3) is 0.400. The van der Waals surface area contributed by atoms with Crippen LogP contribution in [0.2, 0.25) is 0 Å². The molecule has 2 aromatic heterocycles. The molecule has 0 amide bonds.